The van der Waals surface area contributed by atoms with Crippen LogP contribution in [0, 0.1) is 11.3 Å². The molecule has 106 valence electrons. The summed E-state index contributed by atoms with van der Waals surface area (Å²) in [6.07, 6.45) is 0. The number of benzene rings is 1. The number of rotatable bonds is 4. The first-order valence-electron chi connectivity index (χ1n) is 6.48. The van der Waals surface area contributed by atoms with Crippen LogP contribution in [0.3, 0.4) is 0 Å². The highest BCUT2D eigenvalue weighted by Crippen LogP contribution is 2.28. The minimum Gasteiger partial charge on any atom is -0.465 e. The van der Waals surface area contributed by atoms with Gasteiger partial charge in [-0.25, -0.2) is 4.79 Å². The first-order chi connectivity index (χ1) is 8.77. The summed E-state index contributed by atoms with van der Waals surface area (Å²) in [7, 11) is 1.35. The van der Waals surface area contributed by atoms with E-state index in [9.17, 15) is 4.79 Å². The molecule has 1 unspecified atom stereocenters. The summed E-state index contributed by atoms with van der Waals surface area (Å²) in [5.41, 5.74) is 7.83. The van der Waals surface area contributed by atoms with Gasteiger partial charge in [0.1, 0.15) is 0 Å². The molecule has 0 aliphatic carbocycles. The van der Waals surface area contributed by atoms with Gasteiger partial charge in [-0.05, 0) is 23.5 Å². The Hall–Kier alpha value is -1.71. The molecular weight excluding hydrogens is 240 g/mol. The van der Waals surface area contributed by atoms with Crippen LogP contribution in [-0.4, -0.2) is 19.6 Å². The van der Waals surface area contributed by atoms with Crippen LogP contribution < -0.4 is 11.1 Å². The maximum atomic E-state index is 11.6. The molecule has 0 heterocycles. The summed E-state index contributed by atoms with van der Waals surface area (Å²) < 4.78 is 4.71. The van der Waals surface area contributed by atoms with E-state index in [0.717, 1.165) is 12.2 Å². The molecule has 0 spiro atoms. The molecule has 0 bridgehead atoms. The molecule has 0 aromatic heterocycles. The van der Waals surface area contributed by atoms with E-state index in [-0.39, 0.29) is 5.41 Å². The Morgan fingerprint density at radius 3 is 2.58 bits per heavy atom. The molecule has 19 heavy (non-hydrogen) atoms. The third kappa shape index (κ3) is 3.88. The molecule has 4 nitrogen and oxygen atoms in total. The van der Waals surface area contributed by atoms with Gasteiger partial charge < -0.3 is 15.8 Å². The average molecular weight is 264 g/mol. The predicted octanol–water partition coefficient (Wildman–Crippen LogP) is 3.15. The number of hydrogen-bond acceptors (Lipinski definition) is 4. The summed E-state index contributed by atoms with van der Waals surface area (Å²) in [6.45, 7) is 9.60. The van der Waals surface area contributed by atoms with Crippen LogP contribution in [0.5, 0.6) is 0 Å². The fourth-order valence-electron chi connectivity index (χ4n) is 1.58. The molecule has 0 aliphatic heterocycles. The number of nitrogens with two attached hydrogens (primary N) is 1. The molecule has 1 aromatic rings. The Morgan fingerprint density at radius 1 is 1.42 bits per heavy atom. The highest BCUT2D eigenvalue weighted by Gasteiger charge is 2.20. The van der Waals surface area contributed by atoms with Gasteiger partial charge in [-0.3, -0.25) is 0 Å². The molecule has 0 saturated carbocycles. The predicted molar refractivity (Wildman–Crippen MR) is 79.3 cm³/mol. The molecule has 1 aromatic carbocycles. The second-order valence-corrected chi connectivity index (χ2v) is 5.91. The topological polar surface area (TPSA) is 64.3 Å². The van der Waals surface area contributed by atoms with E-state index in [1.54, 1.807) is 12.1 Å². The van der Waals surface area contributed by atoms with Crippen molar-refractivity contribution < 1.29 is 9.53 Å². The lowest BCUT2D eigenvalue weighted by molar-refractivity contribution is 0.0602. The van der Waals surface area contributed by atoms with Crippen molar-refractivity contribution in [1.82, 2.24) is 0 Å². The number of hydrogen-bond donors (Lipinski definition) is 2. The van der Waals surface area contributed by atoms with E-state index in [1.807, 2.05) is 6.07 Å². The van der Waals surface area contributed by atoms with Crippen molar-refractivity contribution in [3.05, 3.63) is 23.8 Å². The zero-order valence-electron chi connectivity index (χ0n) is 12.4. The van der Waals surface area contributed by atoms with Gasteiger partial charge in [-0.1, -0.05) is 33.8 Å². The largest absolute Gasteiger partial charge is 0.465 e. The number of anilines is 2. The van der Waals surface area contributed by atoms with Crippen LogP contribution in [0.4, 0.5) is 11.4 Å². The third-order valence-electron chi connectivity index (χ3n) is 3.59. The Balaban J connectivity index is 2.83. The summed E-state index contributed by atoms with van der Waals surface area (Å²) >= 11 is 0. The molecule has 0 aliphatic rings. The normalized spacial score (nSPS) is 12.9. The van der Waals surface area contributed by atoms with E-state index >= 15 is 0 Å². The smallest absolute Gasteiger partial charge is 0.340 e. The summed E-state index contributed by atoms with van der Waals surface area (Å²) in [5, 5.41) is 3.31. The highest BCUT2D eigenvalue weighted by molar-refractivity contribution is 5.98. The van der Waals surface area contributed by atoms with Gasteiger partial charge in [0.25, 0.3) is 0 Å². The van der Waals surface area contributed by atoms with Gasteiger partial charge in [0.2, 0.25) is 0 Å². The van der Waals surface area contributed by atoms with Crippen LogP contribution in [0.25, 0.3) is 0 Å². The van der Waals surface area contributed by atoms with Crippen molar-refractivity contribution >= 4 is 17.3 Å². The first-order valence-corrected chi connectivity index (χ1v) is 6.48. The third-order valence-corrected chi connectivity index (χ3v) is 3.59. The molecule has 0 radical (unpaired) electrons. The second-order valence-electron chi connectivity index (χ2n) is 5.91. The number of para-hydroxylation sites is 1. The molecule has 3 N–H and O–H groups in total. The molecule has 1 rings (SSSR count). The van der Waals surface area contributed by atoms with Gasteiger partial charge in [-0.15, -0.1) is 0 Å². The Bertz CT molecular complexity index is 450. The standard InChI is InChI=1S/C15H24N2O2/c1-10(15(2,3)4)9-17-12-8-6-7-11(13(12)16)14(18)19-5/h6-8,10,17H,9,16H2,1-5H3. The molecule has 4 heteroatoms. The van der Waals surface area contributed by atoms with Crippen molar-refractivity contribution in [3.63, 3.8) is 0 Å². The molecular formula is C15H24N2O2. The number of carbonyl (C=O) groups excluding carboxylic acids is 1. The van der Waals surface area contributed by atoms with Crippen LogP contribution in [0.1, 0.15) is 38.1 Å². The Labute approximate surface area is 115 Å². The Kier molecular flexibility index (Phi) is 4.81. The lowest BCUT2D eigenvalue weighted by atomic mass is 9.82. The molecule has 0 fully saturated rings. The van der Waals surface area contributed by atoms with E-state index in [4.69, 9.17) is 10.5 Å². The maximum Gasteiger partial charge on any atom is 0.340 e. The quantitative estimate of drug-likeness (QED) is 0.647. The molecule has 0 saturated heterocycles. The number of esters is 1. The zero-order chi connectivity index (χ0) is 14.6. The van der Waals surface area contributed by atoms with Crippen LogP contribution in [0.2, 0.25) is 0 Å². The van der Waals surface area contributed by atoms with Gasteiger partial charge in [0, 0.05) is 6.54 Å². The van der Waals surface area contributed by atoms with Gasteiger partial charge in [0.05, 0.1) is 24.0 Å². The van der Waals surface area contributed by atoms with E-state index in [1.165, 1.54) is 7.11 Å². The molecule has 1 atom stereocenters. The number of carbonyl (C=O) groups is 1. The average Bonchev–Trinajstić information content (AvgIpc) is 2.35. The number of ether oxygens (including phenoxy) is 1. The number of methoxy groups -OCH3 is 1. The van der Waals surface area contributed by atoms with Crippen LogP contribution in [-0.2, 0) is 4.74 Å². The lowest BCUT2D eigenvalue weighted by Gasteiger charge is -2.28. The van der Waals surface area contributed by atoms with E-state index in [2.05, 4.69) is 33.0 Å². The zero-order valence-corrected chi connectivity index (χ0v) is 12.4. The first kappa shape index (κ1) is 15.3. The van der Waals surface area contributed by atoms with Crippen molar-refractivity contribution in [3.8, 4) is 0 Å². The highest BCUT2D eigenvalue weighted by atomic mass is 16.5. The summed E-state index contributed by atoms with van der Waals surface area (Å²) in [4.78, 5) is 11.6. The van der Waals surface area contributed by atoms with Crippen LogP contribution in [0.15, 0.2) is 18.2 Å². The minimum atomic E-state index is -0.412. The monoisotopic (exact) mass is 264 g/mol. The summed E-state index contributed by atoms with van der Waals surface area (Å²) in [6, 6.07) is 5.34. The van der Waals surface area contributed by atoms with Crippen molar-refractivity contribution in [2.75, 3.05) is 24.7 Å². The van der Waals surface area contributed by atoms with Crippen molar-refractivity contribution in [1.29, 1.82) is 0 Å². The lowest BCUT2D eigenvalue weighted by Crippen LogP contribution is -2.25. The molecule has 0 amide bonds. The van der Waals surface area contributed by atoms with Crippen LogP contribution >= 0.6 is 0 Å². The number of nitrogens with one attached hydrogen (secondary N) is 1. The number of nitrogen functional groups attached to an aromatic ring is 1. The van der Waals surface area contributed by atoms with Crippen molar-refractivity contribution in [2.24, 2.45) is 11.3 Å². The minimum absolute atomic E-state index is 0.224. The van der Waals surface area contributed by atoms with Gasteiger partial charge in [0.15, 0.2) is 0 Å². The van der Waals surface area contributed by atoms with E-state index < -0.39 is 5.97 Å². The summed E-state index contributed by atoms with van der Waals surface area (Å²) in [5.74, 6) is 0.0682. The SMILES string of the molecule is COC(=O)c1cccc(NCC(C)C(C)(C)C)c1N. The maximum absolute atomic E-state index is 11.6. The van der Waals surface area contributed by atoms with E-state index in [0.29, 0.717) is 17.2 Å². The second kappa shape index (κ2) is 5.95. The fraction of sp³-hybridized carbons (Fsp3) is 0.533. The van der Waals surface area contributed by atoms with Gasteiger partial charge >= 0.3 is 5.97 Å². The van der Waals surface area contributed by atoms with Crippen molar-refractivity contribution in [2.45, 2.75) is 27.7 Å². The Morgan fingerprint density at radius 2 is 2.05 bits per heavy atom. The van der Waals surface area contributed by atoms with Gasteiger partial charge in [-0.2, -0.15) is 0 Å². The fourth-order valence-corrected chi connectivity index (χ4v) is 1.58.